The maximum absolute atomic E-state index is 10.0. The van der Waals surface area contributed by atoms with E-state index >= 15 is 0 Å². The van der Waals surface area contributed by atoms with Crippen LogP contribution in [-0.2, 0) is 18.7 Å². The van der Waals surface area contributed by atoms with Gasteiger partial charge in [-0.2, -0.15) is 0 Å². The number of rotatable bonds is 5. The van der Waals surface area contributed by atoms with Gasteiger partial charge in [-0.15, -0.1) is 5.10 Å². The molecule has 0 bridgehead atoms. The van der Waals surface area contributed by atoms with Gasteiger partial charge in [-0.3, -0.25) is 19.5 Å². The van der Waals surface area contributed by atoms with Crippen LogP contribution in [0.2, 0.25) is 0 Å². The lowest BCUT2D eigenvalue weighted by molar-refractivity contribution is 0.0737. The van der Waals surface area contributed by atoms with E-state index in [1.54, 1.807) is 13.8 Å². The second-order valence-electron chi connectivity index (χ2n) is 8.05. The third kappa shape index (κ3) is 4.45. The molecular weight excluding hydrogens is 328 g/mol. The van der Waals surface area contributed by atoms with Crippen molar-refractivity contribution in [2.75, 3.05) is 13.1 Å². The minimum Gasteiger partial charge on any atom is -0.384 e. The first kappa shape index (κ1) is 18.9. The van der Waals surface area contributed by atoms with Crippen molar-refractivity contribution in [3.8, 4) is 0 Å². The lowest BCUT2D eigenvalue weighted by atomic mass is 9.97. The summed E-state index contributed by atoms with van der Waals surface area (Å²) >= 11 is 0. The van der Waals surface area contributed by atoms with Gasteiger partial charge in [0.25, 0.3) is 0 Å². The molecule has 0 radical (unpaired) electrons. The molecule has 0 aliphatic carbocycles. The Balaban J connectivity index is 1.63. The number of hydrogen-bond donors (Lipinski definition) is 1. The predicted octanol–water partition coefficient (Wildman–Crippen LogP) is 2.13. The zero-order valence-corrected chi connectivity index (χ0v) is 16.5. The number of aliphatic hydroxyl groups is 1. The summed E-state index contributed by atoms with van der Waals surface area (Å²) in [4.78, 5) is 11.8. The first-order valence-electron chi connectivity index (χ1n) is 9.38. The van der Waals surface area contributed by atoms with Gasteiger partial charge in [-0.25, -0.2) is 0 Å². The monoisotopic (exact) mass is 358 g/mol. The molecule has 7 heteroatoms. The predicted molar refractivity (Wildman–Crippen MR) is 99.5 cm³/mol. The molecule has 2 aromatic heterocycles. The van der Waals surface area contributed by atoms with Crippen LogP contribution in [0.3, 0.4) is 0 Å². The van der Waals surface area contributed by atoms with Crippen LogP contribution in [0.15, 0.2) is 6.20 Å². The Labute approximate surface area is 155 Å². The molecule has 1 N–H and O–H groups in total. The highest BCUT2D eigenvalue weighted by molar-refractivity contribution is 5.17. The van der Waals surface area contributed by atoms with Crippen molar-refractivity contribution in [1.29, 1.82) is 0 Å². The minimum atomic E-state index is -0.948. The lowest BCUT2D eigenvalue weighted by Gasteiger charge is -2.32. The van der Waals surface area contributed by atoms with E-state index in [4.69, 9.17) is 4.98 Å². The van der Waals surface area contributed by atoms with Gasteiger partial charge in [0.1, 0.15) is 11.3 Å². The quantitative estimate of drug-likeness (QED) is 0.882. The summed E-state index contributed by atoms with van der Waals surface area (Å²) in [6.45, 7) is 13.3. The van der Waals surface area contributed by atoms with E-state index in [9.17, 15) is 5.11 Å². The Kier molecular flexibility index (Phi) is 5.39. The van der Waals surface area contributed by atoms with E-state index in [0.717, 1.165) is 49.0 Å². The van der Waals surface area contributed by atoms with Crippen LogP contribution in [0.5, 0.6) is 0 Å². The highest BCUT2D eigenvalue weighted by Crippen LogP contribution is 2.22. The Morgan fingerprint density at radius 1 is 1.15 bits per heavy atom. The van der Waals surface area contributed by atoms with Crippen molar-refractivity contribution in [2.24, 2.45) is 5.92 Å². The van der Waals surface area contributed by atoms with Crippen molar-refractivity contribution in [3.63, 3.8) is 0 Å². The zero-order chi connectivity index (χ0) is 18.9. The molecule has 1 aliphatic rings. The number of aryl methyl sites for hydroxylation is 3. The van der Waals surface area contributed by atoms with Gasteiger partial charge in [0.2, 0.25) is 0 Å². The molecule has 142 valence electrons. The summed E-state index contributed by atoms with van der Waals surface area (Å²) in [6.07, 6.45) is 4.22. The maximum atomic E-state index is 10.0. The zero-order valence-electron chi connectivity index (χ0n) is 16.5. The fourth-order valence-corrected chi connectivity index (χ4v) is 3.50. The molecule has 1 atom stereocenters. The summed E-state index contributed by atoms with van der Waals surface area (Å²) in [5, 5.41) is 18.3. The van der Waals surface area contributed by atoms with Crippen LogP contribution < -0.4 is 0 Å². The van der Waals surface area contributed by atoms with E-state index < -0.39 is 5.60 Å². The van der Waals surface area contributed by atoms with Gasteiger partial charge >= 0.3 is 0 Å². The highest BCUT2D eigenvalue weighted by Gasteiger charge is 2.24. The Bertz CT molecular complexity index is 764. The Hall–Kier alpha value is -1.86. The smallest absolute Gasteiger partial charge is 0.114 e. The van der Waals surface area contributed by atoms with E-state index in [1.807, 2.05) is 31.6 Å². The van der Waals surface area contributed by atoms with Crippen LogP contribution in [0, 0.1) is 26.7 Å². The normalized spacial score (nSPS) is 19.1. The average Bonchev–Trinajstić information content (AvgIpc) is 3.02. The van der Waals surface area contributed by atoms with Crippen LogP contribution in [0.25, 0.3) is 0 Å². The summed E-state index contributed by atoms with van der Waals surface area (Å²) in [5.41, 5.74) is 3.81. The summed E-state index contributed by atoms with van der Waals surface area (Å²) in [6, 6.07) is 0. The molecule has 3 heterocycles. The second kappa shape index (κ2) is 7.40. The molecule has 26 heavy (non-hydrogen) atoms. The molecule has 2 aromatic rings. The van der Waals surface area contributed by atoms with Crippen LogP contribution in [0.4, 0.5) is 0 Å². The average molecular weight is 358 g/mol. The van der Waals surface area contributed by atoms with Crippen molar-refractivity contribution in [3.05, 3.63) is 34.7 Å². The molecule has 0 spiro atoms. The molecule has 3 rings (SSSR count). The van der Waals surface area contributed by atoms with Crippen molar-refractivity contribution in [2.45, 2.75) is 66.2 Å². The third-order valence-corrected chi connectivity index (χ3v) is 5.17. The first-order chi connectivity index (χ1) is 12.2. The van der Waals surface area contributed by atoms with E-state index in [-0.39, 0.29) is 0 Å². The van der Waals surface area contributed by atoms with Gasteiger partial charge in [0.15, 0.2) is 0 Å². The van der Waals surface area contributed by atoms with Crippen LogP contribution in [0.1, 0.15) is 55.2 Å². The summed E-state index contributed by atoms with van der Waals surface area (Å²) in [7, 11) is 0. The largest absolute Gasteiger partial charge is 0.384 e. The molecule has 1 fully saturated rings. The molecule has 0 saturated carbocycles. The van der Waals surface area contributed by atoms with E-state index in [2.05, 4.69) is 20.2 Å². The molecule has 0 aromatic carbocycles. The third-order valence-electron chi connectivity index (χ3n) is 5.17. The minimum absolute atomic E-state index is 0.528. The van der Waals surface area contributed by atoms with Gasteiger partial charge in [-0.05, 0) is 59.9 Å². The van der Waals surface area contributed by atoms with Crippen molar-refractivity contribution >= 4 is 0 Å². The summed E-state index contributed by atoms with van der Waals surface area (Å²) < 4.78 is 1.86. The Morgan fingerprint density at radius 2 is 1.88 bits per heavy atom. The fourth-order valence-electron chi connectivity index (χ4n) is 3.50. The number of hydrogen-bond acceptors (Lipinski definition) is 6. The molecule has 1 aliphatic heterocycles. The molecular formula is C19H30N6O. The SMILES string of the molecule is Cc1nc(C)c(CN2CCC[C@H](Cn3cc(C(C)(C)O)nn3)C2)nc1C. The lowest BCUT2D eigenvalue weighted by Crippen LogP contribution is -2.37. The topological polar surface area (TPSA) is 80.0 Å². The molecule has 0 amide bonds. The fraction of sp³-hybridized carbons (Fsp3) is 0.684. The standard InChI is InChI=1S/C19H30N6O/c1-13-14(2)21-17(15(3)20-13)11-24-8-6-7-16(9-24)10-25-12-18(22-23-25)19(4,5)26/h12,16,26H,6-11H2,1-5H3/t16-/m0/s1. The van der Waals surface area contributed by atoms with Gasteiger partial charge in [0, 0.05) is 19.6 Å². The molecule has 0 unspecified atom stereocenters. The van der Waals surface area contributed by atoms with Gasteiger partial charge < -0.3 is 5.11 Å². The van der Waals surface area contributed by atoms with E-state index in [1.165, 1.54) is 12.8 Å². The number of nitrogens with zero attached hydrogens (tertiary/aromatic N) is 6. The second-order valence-corrected chi connectivity index (χ2v) is 8.05. The molecule has 7 nitrogen and oxygen atoms in total. The van der Waals surface area contributed by atoms with Gasteiger partial charge in [0.05, 0.1) is 29.0 Å². The van der Waals surface area contributed by atoms with Crippen LogP contribution >= 0.6 is 0 Å². The van der Waals surface area contributed by atoms with Gasteiger partial charge in [-0.1, -0.05) is 5.21 Å². The number of likely N-dealkylation sites (tertiary alicyclic amines) is 1. The molecule has 1 saturated heterocycles. The number of aromatic nitrogens is 5. The van der Waals surface area contributed by atoms with Crippen LogP contribution in [-0.4, -0.2) is 48.1 Å². The van der Waals surface area contributed by atoms with Crippen molar-refractivity contribution in [1.82, 2.24) is 29.9 Å². The number of piperidine rings is 1. The highest BCUT2D eigenvalue weighted by atomic mass is 16.3. The summed E-state index contributed by atoms with van der Waals surface area (Å²) in [5.74, 6) is 0.528. The maximum Gasteiger partial charge on any atom is 0.114 e. The Morgan fingerprint density at radius 3 is 2.58 bits per heavy atom. The van der Waals surface area contributed by atoms with Crippen molar-refractivity contribution < 1.29 is 5.11 Å². The van der Waals surface area contributed by atoms with E-state index in [0.29, 0.717) is 11.6 Å². The first-order valence-corrected chi connectivity index (χ1v) is 9.38.